The first-order valence-electron chi connectivity index (χ1n) is 10.1. The van der Waals surface area contributed by atoms with E-state index in [1.807, 2.05) is 40.3 Å². The summed E-state index contributed by atoms with van der Waals surface area (Å²) in [6, 6.07) is 12.0. The Hall–Kier alpha value is -2.38. The molecule has 0 spiro atoms. The summed E-state index contributed by atoms with van der Waals surface area (Å²) in [5.41, 5.74) is 2.17. The van der Waals surface area contributed by atoms with Gasteiger partial charge in [-0.15, -0.1) is 11.8 Å². The van der Waals surface area contributed by atoms with Gasteiger partial charge in [-0.05, 0) is 23.8 Å². The van der Waals surface area contributed by atoms with Gasteiger partial charge in [0.15, 0.2) is 0 Å². The van der Waals surface area contributed by atoms with Gasteiger partial charge in [-0.1, -0.05) is 18.2 Å². The van der Waals surface area contributed by atoms with Crippen LogP contribution in [-0.2, 0) is 16.1 Å². The van der Waals surface area contributed by atoms with Gasteiger partial charge < -0.3 is 9.80 Å². The maximum absolute atomic E-state index is 12.7. The van der Waals surface area contributed by atoms with E-state index in [1.165, 1.54) is 5.56 Å². The molecule has 1 saturated heterocycles. The number of rotatable bonds is 5. The van der Waals surface area contributed by atoms with Crippen molar-refractivity contribution in [2.75, 3.05) is 43.4 Å². The van der Waals surface area contributed by atoms with Gasteiger partial charge in [-0.3, -0.25) is 19.5 Å². The van der Waals surface area contributed by atoms with Crippen LogP contribution < -0.4 is 4.90 Å². The molecular weight excluding hydrogens is 384 g/mol. The van der Waals surface area contributed by atoms with E-state index in [2.05, 4.69) is 22.0 Å². The summed E-state index contributed by atoms with van der Waals surface area (Å²) in [6.45, 7) is 4.71. The third-order valence-corrected chi connectivity index (χ3v) is 6.48. The number of benzene rings is 1. The Bertz CT molecular complexity index is 853. The van der Waals surface area contributed by atoms with E-state index in [-0.39, 0.29) is 24.7 Å². The zero-order valence-corrected chi connectivity index (χ0v) is 17.3. The van der Waals surface area contributed by atoms with Crippen molar-refractivity contribution >= 4 is 29.3 Å². The molecule has 0 radical (unpaired) electrons. The van der Waals surface area contributed by atoms with Gasteiger partial charge in [0.2, 0.25) is 11.8 Å². The predicted molar refractivity (Wildman–Crippen MR) is 115 cm³/mol. The Balaban J connectivity index is 1.24. The second kappa shape index (κ2) is 9.41. The molecule has 0 bridgehead atoms. The lowest BCUT2D eigenvalue weighted by Gasteiger charge is -2.35. The number of fused-ring (bicyclic) bond motifs is 1. The first kappa shape index (κ1) is 19.9. The minimum atomic E-state index is 0.0429. The number of hydrogen-bond donors (Lipinski definition) is 0. The second-order valence-corrected chi connectivity index (χ2v) is 8.52. The molecule has 29 heavy (non-hydrogen) atoms. The highest BCUT2D eigenvalue weighted by molar-refractivity contribution is 7.99. The summed E-state index contributed by atoms with van der Waals surface area (Å²) in [7, 11) is 0. The fraction of sp³-hybridized carbons (Fsp3) is 0.409. The monoisotopic (exact) mass is 410 g/mol. The van der Waals surface area contributed by atoms with E-state index < -0.39 is 0 Å². The van der Waals surface area contributed by atoms with Crippen molar-refractivity contribution in [1.82, 2.24) is 14.8 Å². The summed E-state index contributed by atoms with van der Waals surface area (Å²) in [6.07, 6.45) is 4.23. The Morgan fingerprint density at radius 3 is 2.52 bits per heavy atom. The Labute approximate surface area is 175 Å². The average molecular weight is 411 g/mol. The van der Waals surface area contributed by atoms with Gasteiger partial charge in [0.1, 0.15) is 0 Å². The largest absolute Gasteiger partial charge is 0.340 e. The van der Waals surface area contributed by atoms with Gasteiger partial charge in [-0.25, -0.2) is 0 Å². The summed E-state index contributed by atoms with van der Waals surface area (Å²) in [5, 5.41) is 0. The molecule has 0 atom stereocenters. The lowest BCUT2D eigenvalue weighted by atomic mass is 10.2. The molecule has 0 saturated carbocycles. The Kier molecular flexibility index (Phi) is 6.46. The van der Waals surface area contributed by atoms with Crippen LogP contribution in [0.25, 0.3) is 0 Å². The second-order valence-electron chi connectivity index (χ2n) is 7.38. The van der Waals surface area contributed by atoms with Crippen LogP contribution in [-0.4, -0.2) is 65.1 Å². The molecule has 2 aromatic rings. The molecule has 7 heteroatoms. The molecule has 3 heterocycles. The number of anilines is 1. The predicted octanol–water partition coefficient (Wildman–Crippen LogP) is 2.64. The zero-order chi connectivity index (χ0) is 20.1. The molecule has 0 aliphatic carbocycles. The number of amides is 2. The highest BCUT2D eigenvalue weighted by atomic mass is 32.2. The lowest BCUT2D eigenvalue weighted by Crippen LogP contribution is -2.48. The normalized spacial score (nSPS) is 17.1. The van der Waals surface area contributed by atoms with Crippen molar-refractivity contribution in [3.05, 3.63) is 54.4 Å². The molecule has 152 valence electrons. The van der Waals surface area contributed by atoms with Crippen molar-refractivity contribution in [2.24, 2.45) is 0 Å². The van der Waals surface area contributed by atoms with E-state index >= 15 is 0 Å². The highest BCUT2D eigenvalue weighted by Gasteiger charge is 2.25. The maximum Gasteiger partial charge on any atom is 0.227 e. The number of para-hydroxylation sites is 1. The van der Waals surface area contributed by atoms with Crippen LogP contribution in [0.1, 0.15) is 18.4 Å². The molecule has 0 N–H and O–H groups in total. The molecule has 4 rings (SSSR count). The number of hydrogen-bond acceptors (Lipinski definition) is 5. The van der Waals surface area contributed by atoms with Crippen molar-refractivity contribution in [3.63, 3.8) is 0 Å². The van der Waals surface area contributed by atoms with Crippen LogP contribution in [0.5, 0.6) is 0 Å². The summed E-state index contributed by atoms with van der Waals surface area (Å²) < 4.78 is 0. The third-order valence-electron chi connectivity index (χ3n) is 5.44. The van der Waals surface area contributed by atoms with Crippen LogP contribution in [0.2, 0.25) is 0 Å². The van der Waals surface area contributed by atoms with Crippen molar-refractivity contribution in [1.29, 1.82) is 0 Å². The van der Waals surface area contributed by atoms with Crippen molar-refractivity contribution in [2.45, 2.75) is 24.3 Å². The zero-order valence-electron chi connectivity index (χ0n) is 16.5. The van der Waals surface area contributed by atoms with E-state index in [1.54, 1.807) is 18.0 Å². The molecule has 2 aliphatic heterocycles. The van der Waals surface area contributed by atoms with E-state index in [4.69, 9.17) is 0 Å². The summed E-state index contributed by atoms with van der Waals surface area (Å²) >= 11 is 1.78. The van der Waals surface area contributed by atoms with Crippen LogP contribution in [0.3, 0.4) is 0 Å². The highest BCUT2D eigenvalue weighted by Crippen LogP contribution is 2.34. The van der Waals surface area contributed by atoms with Gasteiger partial charge in [0.05, 0.1) is 5.69 Å². The average Bonchev–Trinajstić information content (AvgIpc) is 2.78. The standard InChI is InChI=1S/C22H26N4O2S/c27-21(25-12-10-24(11-13-25)17-18-4-3-9-23-16-18)7-8-22(28)26-14-15-29-20-6-2-1-5-19(20)26/h1-6,9,16H,7-8,10-15,17H2. The fourth-order valence-corrected chi connectivity index (χ4v) is 4.84. The number of piperazine rings is 1. The van der Waals surface area contributed by atoms with Crippen LogP contribution in [0, 0.1) is 0 Å². The maximum atomic E-state index is 12.7. The minimum absolute atomic E-state index is 0.0429. The molecule has 0 unspecified atom stereocenters. The Morgan fingerprint density at radius 1 is 0.931 bits per heavy atom. The summed E-state index contributed by atoms with van der Waals surface area (Å²) in [5.74, 6) is 1.02. The SMILES string of the molecule is O=C(CCC(=O)N1CCSc2ccccc21)N1CCN(Cc2cccnc2)CC1. The minimum Gasteiger partial charge on any atom is -0.340 e. The number of carbonyl (C=O) groups excluding carboxylic acids is 2. The number of nitrogens with zero attached hydrogens (tertiary/aromatic N) is 4. The molecular formula is C22H26N4O2S. The number of aromatic nitrogens is 1. The molecule has 2 amide bonds. The quantitative estimate of drug-likeness (QED) is 0.759. The molecule has 1 aromatic heterocycles. The Morgan fingerprint density at radius 2 is 1.72 bits per heavy atom. The molecule has 1 fully saturated rings. The van der Waals surface area contributed by atoms with Crippen LogP contribution in [0.4, 0.5) is 5.69 Å². The van der Waals surface area contributed by atoms with Crippen LogP contribution in [0.15, 0.2) is 53.7 Å². The number of carbonyl (C=O) groups is 2. The summed E-state index contributed by atoms with van der Waals surface area (Å²) in [4.78, 5) is 36.7. The van der Waals surface area contributed by atoms with Gasteiger partial charge in [0, 0.05) is 75.2 Å². The van der Waals surface area contributed by atoms with E-state index in [0.29, 0.717) is 6.54 Å². The fourth-order valence-electron chi connectivity index (χ4n) is 3.84. The molecule has 1 aromatic carbocycles. The molecule has 6 nitrogen and oxygen atoms in total. The first-order valence-corrected chi connectivity index (χ1v) is 11.1. The van der Waals surface area contributed by atoms with Crippen molar-refractivity contribution in [3.8, 4) is 0 Å². The topological polar surface area (TPSA) is 56.8 Å². The number of pyridine rings is 1. The van der Waals surface area contributed by atoms with Gasteiger partial charge >= 0.3 is 0 Å². The van der Waals surface area contributed by atoms with Gasteiger partial charge in [0.25, 0.3) is 0 Å². The smallest absolute Gasteiger partial charge is 0.227 e. The van der Waals surface area contributed by atoms with E-state index in [9.17, 15) is 9.59 Å². The third kappa shape index (κ3) is 4.97. The lowest BCUT2D eigenvalue weighted by molar-refractivity contribution is -0.134. The van der Waals surface area contributed by atoms with Gasteiger partial charge in [-0.2, -0.15) is 0 Å². The van der Waals surface area contributed by atoms with Crippen molar-refractivity contribution < 1.29 is 9.59 Å². The van der Waals surface area contributed by atoms with E-state index in [0.717, 1.165) is 49.1 Å². The first-order chi connectivity index (χ1) is 14.2. The number of thioether (sulfide) groups is 1. The molecule has 2 aliphatic rings. The van der Waals surface area contributed by atoms with Crippen LogP contribution >= 0.6 is 11.8 Å².